The van der Waals surface area contributed by atoms with Crippen LogP contribution in [0.1, 0.15) is 77.3 Å². The average molecular weight is 629 g/mol. The maximum atomic E-state index is 9.58. The van der Waals surface area contributed by atoms with Gasteiger partial charge in [0.15, 0.2) is 0 Å². The van der Waals surface area contributed by atoms with Crippen molar-refractivity contribution in [3.63, 3.8) is 0 Å². The van der Waals surface area contributed by atoms with Gasteiger partial charge in [-0.25, -0.2) is 0 Å². The fraction of sp³-hybridized carbons (Fsp3) is 0.381. The van der Waals surface area contributed by atoms with E-state index in [0.29, 0.717) is 26.4 Å². The molecule has 0 amide bonds. The molecule has 0 saturated heterocycles. The number of unbranched alkanes of at least 4 members (excludes halogenated alkanes) is 2. The fourth-order valence-electron chi connectivity index (χ4n) is 5.30. The van der Waals surface area contributed by atoms with Crippen molar-refractivity contribution in [3.8, 4) is 45.9 Å². The van der Waals surface area contributed by atoms with Crippen LogP contribution < -0.4 is 9.47 Å². The molecule has 4 rings (SSSR count). The maximum absolute atomic E-state index is 9.58. The van der Waals surface area contributed by atoms with Crippen molar-refractivity contribution in [2.75, 3.05) is 13.2 Å². The monoisotopic (exact) mass is 628 g/mol. The lowest BCUT2D eigenvalue weighted by molar-refractivity contribution is 0.107. The molecule has 0 heterocycles. The van der Waals surface area contributed by atoms with Crippen molar-refractivity contribution >= 4 is 0 Å². The van der Waals surface area contributed by atoms with Gasteiger partial charge in [0.2, 0.25) is 0 Å². The van der Waals surface area contributed by atoms with E-state index >= 15 is 0 Å². The number of nitriles is 2. The third kappa shape index (κ3) is 10.7. The molecule has 5 nitrogen and oxygen atoms in total. The molecule has 0 saturated carbocycles. The molecule has 5 heteroatoms. The minimum absolute atomic E-state index is 0.399. The molecule has 0 bridgehead atoms. The van der Waals surface area contributed by atoms with Crippen LogP contribution in [-0.4, -0.2) is 13.2 Å². The Balaban J connectivity index is 1.22. The molecular weight excluding hydrogens is 580 g/mol. The molecule has 0 spiro atoms. The van der Waals surface area contributed by atoms with E-state index in [1.807, 2.05) is 38.1 Å². The predicted molar refractivity (Wildman–Crippen MR) is 190 cm³/mol. The maximum Gasteiger partial charge on any atom is 0.119 e. The van der Waals surface area contributed by atoms with Crippen LogP contribution in [0.4, 0.5) is 0 Å². The Morgan fingerprint density at radius 3 is 1.13 bits per heavy atom. The van der Waals surface area contributed by atoms with Gasteiger partial charge in [-0.2, -0.15) is 10.5 Å². The van der Waals surface area contributed by atoms with Crippen molar-refractivity contribution in [1.82, 2.24) is 0 Å². The van der Waals surface area contributed by atoms with E-state index in [-0.39, 0.29) is 0 Å². The van der Waals surface area contributed by atoms with E-state index in [1.54, 1.807) is 0 Å². The van der Waals surface area contributed by atoms with Crippen molar-refractivity contribution in [2.45, 2.75) is 79.4 Å². The first-order valence-electron chi connectivity index (χ1n) is 16.8. The molecular formula is C42H48N2O3. The van der Waals surface area contributed by atoms with Crippen LogP contribution in [0.3, 0.4) is 0 Å². The highest BCUT2D eigenvalue weighted by Gasteiger charge is 2.25. The summed E-state index contributed by atoms with van der Waals surface area (Å²) in [5, 5.41) is 19.2. The highest BCUT2D eigenvalue weighted by Crippen LogP contribution is 2.29. The number of hydrogen-bond acceptors (Lipinski definition) is 5. The van der Waals surface area contributed by atoms with Crippen LogP contribution in [0.25, 0.3) is 22.3 Å². The van der Waals surface area contributed by atoms with Crippen molar-refractivity contribution in [1.29, 1.82) is 10.5 Å². The smallest absolute Gasteiger partial charge is 0.119 e. The number of benzene rings is 4. The summed E-state index contributed by atoms with van der Waals surface area (Å²) in [6.07, 6.45) is 5.89. The zero-order valence-corrected chi connectivity index (χ0v) is 28.4. The number of ether oxygens (including phenoxy) is 3. The normalized spacial score (nSPS) is 13.5. The van der Waals surface area contributed by atoms with Gasteiger partial charge in [-0.15, -0.1) is 0 Å². The molecule has 0 radical (unpaired) electrons. The minimum Gasteiger partial charge on any atom is -0.492 e. The lowest BCUT2D eigenvalue weighted by Gasteiger charge is -2.21. The molecule has 47 heavy (non-hydrogen) atoms. The Morgan fingerprint density at radius 1 is 0.511 bits per heavy atom. The number of hydrogen-bond donors (Lipinski definition) is 0. The molecule has 0 aliphatic carbocycles. The van der Waals surface area contributed by atoms with Crippen molar-refractivity contribution in [2.24, 2.45) is 10.8 Å². The SMILES string of the molecule is CCCCC(C)(C#N)COc1ccc(-c2ccc(COCc3ccc(-c4ccc(OCC(C)(C#N)CCCC)cc4)cc3)cc2)cc1. The van der Waals surface area contributed by atoms with E-state index < -0.39 is 10.8 Å². The lowest BCUT2D eigenvalue weighted by Crippen LogP contribution is -2.23. The molecule has 0 aliphatic rings. The Morgan fingerprint density at radius 2 is 0.830 bits per heavy atom. The Kier molecular flexibility index (Phi) is 13.0. The topological polar surface area (TPSA) is 75.3 Å². The van der Waals surface area contributed by atoms with Gasteiger partial charge in [-0.05, 0) is 84.3 Å². The first kappa shape index (κ1) is 35.3. The largest absolute Gasteiger partial charge is 0.492 e. The van der Waals surface area contributed by atoms with Crippen LogP contribution >= 0.6 is 0 Å². The minimum atomic E-state index is -0.462. The van der Waals surface area contributed by atoms with Gasteiger partial charge in [0, 0.05) is 0 Å². The van der Waals surface area contributed by atoms with E-state index in [9.17, 15) is 10.5 Å². The second-order valence-electron chi connectivity index (χ2n) is 13.1. The summed E-state index contributed by atoms with van der Waals surface area (Å²) in [6, 6.07) is 37.9. The van der Waals surface area contributed by atoms with E-state index in [4.69, 9.17) is 14.2 Å². The summed E-state index contributed by atoms with van der Waals surface area (Å²) in [5.74, 6) is 1.57. The quantitative estimate of drug-likeness (QED) is 0.110. The van der Waals surface area contributed by atoms with Gasteiger partial charge in [0.1, 0.15) is 24.7 Å². The summed E-state index contributed by atoms with van der Waals surface area (Å²) < 4.78 is 17.9. The summed E-state index contributed by atoms with van der Waals surface area (Å²) in [5.41, 5.74) is 5.82. The summed E-state index contributed by atoms with van der Waals surface area (Å²) in [7, 11) is 0. The Hall–Kier alpha value is -4.58. The summed E-state index contributed by atoms with van der Waals surface area (Å²) in [6.45, 7) is 10.1. The van der Waals surface area contributed by atoms with Gasteiger partial charge in [0.05, 0.1) is 36.2 Å². The predicted octanol–water partition coefficient (Wildman–Crippen LogP) is 10.9. The van der Waals surface area contributed by atoms with Gasteiger partial charge in [-0.3, -0.25) is 0 Å². The second kappa shape index (κ2) is 17.4. The highest BCUT2D eigenvalue weighted by atomic mass is 16.5. The summed E-state index contributed by atoms with van der Waals surface area (Å²) in [4.78, 5) is 0. The molecule has 4 aromatic rings. The van der Waals surface area contributed by atoms with Crippen LogP contribution in [0, 0.1) is 33.5 Å². The van der Waals surface area contributed by atoms with Gasteiger partial charge < -0.3 is 14.2 Å². The molecule has 2 unspecified atom stereocenters. The molecule has 0 aromatic heterocycles. The van der Waals surface area contributed by atoms with E-state index in [0.717, 1.165) is 83.4 Å². The first-order chi connectivity index (χ1) is 22.8. The molecule has 2 atom stereocenters. The molecule has 0 aliphatic heterocycles. The zero-order valence-electron chi connectivity index (χ0n) is 28.4. The van der Waals surface area contributed by atoms with Gasteiger partial charge in [-0.1, -0.05) is 112 Å². The van der Waals surface area contributed by atoms with Crippen molar-refractivity contribution in [3.05, 3.63) is 108 Å². The third-order valence-corrected chi connectivity index (χ3v) is 8.64. The Labute approximate surface area is 281 Å². The standard InChI is InChI=1S/C42H48N2O3/c1-5-7-25-41(3,29-43)31-46-39-21-17-37(18-22-39)35-13-9-33(10-14-35)27-45-28-34-11-15-36(16-12-34)38-19-23-40(24-20-38)47-32-42(4,30-44)26-8-6-2/h9-24H,5-8,25-28,31-32H2,1-4H3. The zero-order chi connectivity index (χ0) is 33.5. The molecule has 244 valence electrons. The number of rotatable bonds is 18. The van der Waals surface area contributed by atoms with Crippen LogP contribution in [0.5, 0.6) is 11.5 Å². The first-order valence-corrected chi connectivity index (χ1v) is 16.8. The molecule has 0 N–H and O–H groups in total. The molecule has 0 fully saturated rings. The fourth-order valence-corrected chi connectivity index (χ4v) is 5.30. The van der Waals surface area contributed by atoms with E-state index in [1.165, 1.54) is 0 Å². The van der Waals surface area contributed by atoms with Gasteiger partial charge >= 0.3 is 0 Å². The summed E-state index contributed by atoms with van der Waals surface area (Å²) >= 11 is 0. The van der Waals surface area contributed by atoms with E-state index in [2.05, 4.69) is 98.8 Å². The lowest BCUT2D eigenvalue weighted by atomic mass is 9.87. The number of nitrogens with zero attached hydrogens (tertiary/aromatic N) is 2. The van der Waals surface area contributed by atoms with Gasteiger partial charge in [0.25, 0.3) is 0 Å². The van der Waals surface area contributed by atoms with Crippen LogP contribution in [0.15, 0.2) is 97.1 Å². The highest BCUT2D eigenvalue weighted by molar-refractivity contribution is 5.65. The molecule has 4 aromatic carbocycles. The Bertz CT molecular complexity index is 1480. The average Bonchev–Trinajstić information content (AvgIpc) is 3.12. The second-order valence-corrected chi connectivity index (χ2v) is 13.1. The van der Waals surface area contributed by atoms with Crippen molar-refractivity contribution < 1.29 is 14.2 Å². The van der Waals surface area contributed by atoms with Crippen LogP contribution in [-0.2, 0) is 18.0 Å². The third-order valence-electron chi connectivity index (χ3n) is 8.64. The van der Waals surface area contributed by atoms with Crippen LogP contribution in [0.2, 0.25) is 0 Å².